The van der Waals surface area contributed by atoms with Gasteiger partial charge in [-0.25, -0.2) is 0 Å². The van der Waals surface area contributed by atoms with Gasteiger partial charge in [0, 0.05) is 11.9 Å². The van der Waals surface area contributed by atoms with E-state index >= 15 is 0 Å². The van der Waals surface area contributed by atoms with E-state index in [1.54, 1.807) is 18.4 Å². The first-order chi connectivity index (χ1) is 12.3. The fourth-order valence-electron chi connectivity index (χ4n) is 3.13. The number of fused-ring (bicyclic) bond motifs is 1. The molecule has 0 aromatic carbocycles. The summed E-state index contributed by atoms with van der Waals surface area (Å²) in [4.78, 5) is 13.7. The molecular formula is C17H18BrN5OS2. The number of amides is 1. The van der Waals surface area contributed by atoms with Crippen molar-refractivity contribution in [2.75, 3.05) is 5.32 Å². The van der Waals surface area contributed by atoms with Crippen molar-refractivity contribution in [3.05, 3.63) is 31.9 Å². The number of nitriles is 1. The number of hydrogen-bond acceptors (Lipinski definition) is 5. The maximum absolute atomic E-state index is 12.5. The van der Waals surface area contributed by atoms with Crippen LogP contribution in [-0.4, -0.2) is 20.8 Å². The monoisotopic (exact) mass is 451 g/mol. The number of thiocarbonyl (C=S) groups is 1. The molecule has 1 aliphatic carbocycles. The minimum Gasteiger partial charge on any atom is -0.323 e. The minimum atomic E-state index is -0.356. The fourth-order valence-corrected chi connectivity index (χ4v) is 5.27. The summed E-state index contributed by atoms with van der Waals surface area (Å²) in [7, 11) is 1.70. The molecule has 0 saturated heterocycles. The number of rotatable bonds is 2. The van der Waals surface area contributed by atoms with Crippen molar-refractivity contribution in [3.63, 3.8) is 0 Å². The van der Waals surface area contributed by atoms with Gasteiger partial charge in [-0.3, -0.25) is 14.8 Å². The Morgan fingerprint density at radius 2 is 2.27 bits per heavy atom. The highest BCUT2D eigenvalue weighted by molar-refractivity contribution is 9.10. The second-order valence-corrected chi connectivity index (χ2v) is 8.75. The molecular weight excluding hydrogens is 434 g/mol. The predicted octanol–water partition coefficient (Wildman–Crippen LogP) is 3.68. The molecule has 0 saturated carbocycles. The van der Waals surface area contributed by atoms with Crippen LogP contribution in [0.5, 0.6) is 0 Å². The van der Waals surface area contributed by atoms with E-state index < -0.39 is 0 Å². The van der Waals surface area contributed by atoms with Crippen LogP contribution in [0.3, 0.4) is 0 Å². The molecule has 2 aromatic heterocycles. The first-order valence-corrected chi connectivity index (χ1v) is 10.2. The van der Waals surface area contributed by atoms with Gasteiger partial charge in [0.25, 0.3) is 5.91 Å². The Morgan fingerprint density at radius 1 is 1.54 bits per heavy atom. The van der Waals surface area contributed by atoms with Crippen LogP contribution in [-0.2, 0) is 19.9 Å². The van der Waals surface area contributed by atoms with E-state index in [0.29, 0.717) is 26.6 Å². The van der Waals surface area contributed by atoms with Gasteiger partial charge in [0.15, 0.2) is 5.11 Å². The number of thiophene rings is 1. The number of carbonyl (C=O) groups excluding carboxylic acids is 1. The smallest absolute Gasteiger partial charge is 0.276 e. The minimum absolute atomic E-state index is 0.170. The van der Waals surface area contributed by atoms with Crippen molar-refractivity contribution in [3.8, 4) is 6.07 Å². The van der Waals surface area contributed by atoms with E-state index in [0.717, 1.165) is 30.5 Å². The maximum atomic E-state index is 12.5. The lowest BCUT2D eigenvalue weighted by Crippen LogP contribution is -2.35. The topological polar surface area (TPSA) is 82.7 Å². The Morgan fingerprint density at radius 3 is 2.88 bits per heavy atom. The Kier molecular flexibility index (Phi) is 5.46. The first-order valence-electron chi connectivity index (χ1n) is 8.17. The zero-order valence-electron chi connectivity index (χ0n) is 14.6. The fraction of sp³-hybridized carbons (Fsp3) is 0.412. The molecule has 1 atom stereocenters. The standard InChI is InChI=1S/C17H18BrN5OS2/c1-8-4-5-10-11(7-19)16(26-12(10)6-8)21-17(25)20-15(24)14-13(18)9(2)22-23(14)3/h8H,4-6H2,1-3H3,(H2,20,21,24,25)/t8-/m1/s1. The molecule has 2 N–H and O–H groups in total. The largest absolute Gasteiger partial charge is 0.323 e. The third-order valence-corrected chi connectivity index (χ3v) is 6.77. The molecule has 1 aliphatic rings. The molecule has 6 nitrogen and oxygen atoms in total. The van der Waals surface area contributed by atoms with E-state index in [4.69, 9.17) is 12.2 Å². The Hall–Kier alpha value is -1.76. The summed E-state index contributed by atoms with van der Waals surface area (Å²) in [5.74, 6) is 0.267. The number of aryl methyl sites for hydroxylation is 2. The Labute approximate surface area is 169 Å². The van der Waals surface area contributed by atoms with Crippen LogP contribution >= 0.6 is 39.5 Å². The quantitative estimate of drug-likeness (QED) is 0.680. The van der Waals surface area contributed by atoms with Crippen LogP contribution in [0, 0.1) is 24.2 Å². The SMILES string of the molecule is Cc1nn(C)c(C(=O)NC(=S)Nc2sc3c(c2C#N)CC[C@@H](C)C3)c1Br. The highest BCUT2D eigenvalue weighted by Gasteiger charge is 2.25. The zero-order chi connectivity index (χ0) is 19.0. The number of aromatic nitrogens is 2. The van der Waals surface area contributed by atoms with Gasteiger partial charge in [0.1, 0.15) is 16.8 Å². The molecule has 0 radical (unpaired) electrons. The van der Waals surface area contributed by atoms with Gasteiger partial charge in [-0.15, -0.1) is 11.3 Å². The first kappa shape index (κ1) is 19.0. The van der Waals surface area contributed by atoms with E-state index in [-0.39, 0.29) is 11.0 Å². The molecule has 136 valence electrons. The van der Waals surface area contributed by atoms with E-state index in [9.17, 15) is 10.1 Å². The number of carbonyl (C=O) groups is 1. The zero-order valence-corrected chi connectivity index (χ0v) is 17.9. The van der Waals surface area contributed by atoms with Gasteiger partial charge < -0.3 is 5.32 Å². The molecule has 3 rings (SSSR count). The van der Waals surface area contributed by atoms with Crippen molar-refractivity contribution in [1.29, 1.82) is 5.26 Å². The van der Waals surface area contributed by atoms with Gasteiger partial charge in [-0.05, 0) is 65.8 Å². The predicted molar refractivity (Wildman–Crippen MR) is 110 cm³/mol. The second-order valence-electron chi connectivity index (χ2n) is 6.45. The van der Waals surface area contributed by atoms with Gasteiger partial charge in [0.2, 0.25) is 0 Å². The van der Waals surface area contributed by atoms with Crippen LogP contribution < -0.4 is 10.6 Å². The second kappa shape index (κ2) is 7.47. The molecule has 0 spiro atoms. The van der Waals surface area contributed by atoms with Crippen LogP contribution in [0.2, 0.25) is 0 Å². The molecule has 1 amide bonds. The molecule has 9 heteroatoms. The van der Waals surface area contributed by atoms with E-state index in [1.165, 1.54) is 9.56 Å². The summed E-state index contributed by atoms with van der Waals surface area (Å²) < 4.78 is 2.14. The molecule has 0 bridgehead atoms. The van der Waals surface area contributed by atoms with Crippen molar-refractivity contribution < 1.29 is 4.79 Å². The highest BCUT2D eigenvalue weighted by atomic mass is 79.9. The van der Waals surface area contributed by atoms with Crippen molar-refractivity contribution >= 4 is 55.5 Å². The van der Waals surface area contributed by atoms with Gasteiger partial charge in [-0.2, -0.15) is 10.4 Å². The molecule has 2 aromatic rings. The van der Waals surface area contributed by atoms with Crippen LogP contribution in [0.25, 0.3) is 0 Å². The summed E-state index contributed by atoms with van der Waals surface area (Å²) >= 11 is 10.2. The third-order valence-electron chi connectivity index (χ3n) is 4.44. The van der Waals surface area contributed by atoms with Crippen molar-refractivity contribution in [2.24, 2.45) is 13.0 Å². The third kappa shape index (κ3) is 3.54. The lowest BCUT2D eigenvalue weighted by Gasteiger charge is -2.17. The van der Waals surface area contributed by atoms with Gasteiger partial charge >= 0.3 is 0 Å². The van der Waals surface area contributed by atoms with Gasteiger partial charge in [0.05, 0.1) is 15.7 Å². The molecule has 2 heterocycles. The highest BCUT2D eigenvalue weighted by Crippen LogP contribution is 2.39. The number of hydrogen-bond donors (Lipinski definition) is 2. The van der Waals surface area contributed by atoms with Crippen LogP contribution in [0.15, 0.2) is 4.47 Å². The molecule has 0 unspecified atom stereocenters. The average molecular weight is 452 g/mol. The summed E-state index contributed by atoms with van der Waals surface area (Å²) in [5, 5.41) is 20.3. The maximum Gasteiger partial charge on any atom is 0.276 e. The Bertz CT molecular complexity index is 940. The average Bonchev–Trinajstić information content (AvgIpc) is 3.02. The van der Waals surface area contributed by atoms with Crippen LogP contribution in [0.1, 0.15) is 45.5 Å². The van der Waals surface area contributed by atoms with Crippen molar-refractivity contribution in [2.45, 2.75) is 33.1 Å². The lowest BCUT2D eigenvalue weighted by molar-refractivity contribution is 0.0968. The Balaban J connectivity index is 1.77. The molecule has 0 aliphatic heterocycles. The van der Waals surface area contributed by atoms with Crippen LogP contribution in [0.4, 0.5) is 5.00 Å². The van der Waals surface area contributed by atoms with E-state index in [2.05, 4.69) is 44.7 Å². The number of anilines is 1. The summed E-state index contributed by atoms with van der Waals surface area (Å²) in [6, 6.07) is 2.28. The number of nitrogens with zero attached hydrogens (tertiary/aromatic N) is 3. The van der Waals surface area contributed by atoms with Gasteiger partial charge in [-0.1, -0.05) is 6.92 Å². The van der Waals surface area contributed by atoms with Crippen molar-refractivity contribution in [1.82, 2.24) is 15.1 Å². The lowest BCUT2D eigenvalue weighted by atomic mass is 9.89. The summed E-state index contributed by atoms with van der Waals surface area (Å²) in [6.07, 6.45) is 2.99. The normalized spacial score (nSPS) is 15.9. The summed E-state index contributed by atoms with van der Waals surface area (Å²) in [5.41, 5.74) is 2.89. The van der Waals surface area contributed by atoms with E-state index in [1.807, 2.05) is 6.92 Å². The summed E-state index contributed by atoms with van der Waals surface area (Å²) in [6.45, 7) is 4.04. The molecule has 26 heavy (non-hydrogen) atoms. The number of nitrogens with one attached hydrogen (secondary N) is 2. The molecule has 0 fully saturated rings. The number of halogens is 1.